The van der Waals surface area contributed by atoms with Gasteiger partial charge in [0.25, 0.3) is 0 Å². The highest BCUT2D eigenvalue weighted by Gasteiger charge is 2.37. The molecule has 0 radical (unpaired) electrons. The molecule has 0 atom stereocenters. The Morgan fingerprint density at radius 1 is 1.50 bits per heavy atom. The lowest BCUT2D eigenvalue weighted by Gasteiger charge is -2.09. The van der Waals surface area contributed by atoms with E-state index in [9.17, 15) is 0 Å². The van der Waals surface area contributed by atoms with Crippen LogP contribution in [0.1, 0.15) is 30.5 Å². The number of aromatic nitrogens is 2. The highest BCUT2D eigenvalue weighted by Crippen LogP contribution is 2.36. The predicted molar refractivity (Wildman–Crippen MR) is 64.4 cm³/mol. The van der Waals surface area contributed by atoms with E-state index < -0.39 is 0 Å². The molecule has 0 aromatic carbocycles. The molecule has 1 fully saturated rings. The maximum Gasteiger partial charge on any atom is 0.140 e. The summed E-state index contributed by atoms with van der Waals surface area (Å²) in [6.07, 6.45) is 8.48. The van der Waals surface area contributed by atoms with E-state index in [4.69, 9.17) is 5.73 Å². The van der Waals surface area contributed by atoms with E-state index in [0.717, 1.165) is 18.5 Å². The molecule has 0 amide bonds. The maximum atomic E-state index is 6.12. The van der Waals surface area contributed by atoms with Crippen molar-refractivity contribution in [1.82, 2.24) is 9.38 Å². The third-order valence-electron chi connectivity index (χ3n) is 3.59. The molecule has 1 aliphatic carbocycles. The van der Waals surface area contributed by atoms with Crippen molar-refractivity contribution in [3.8, 4) is 0 Å². The molecule has 0 aliphatic heterocycles. The number of fused-ring (bicyclic) bond motifs is 1. The monoisotopic (exact) mass is 215 g/mol. The number of hydrogen-bond donors (Lipinski definition) is 1. The molecule has 84 valence electrons. The fourth-order valence-corrected chi connectivity index (χ4v) is 2.18. The van der Waals surface area contributed by atoms with Crippen molar-refractivity contribution < 1.29 is 0 Å². The van der Waals surface area contributed by atoms with Crippen LogP contribution in [0.2, 0.25) is 0 Å². The molecule has 2 heterocycles. The van der Waals surface area contributed by atoms with Crippen LogP contribution in [0, 0.1) is 6.92 Å². The molecule has 3 rings (SSSR count). The molecule has 0 bridgehead atoms. The number of rotatable bonds is 3. The van der Waals surface area contributed by atoms with Gasteiger partial charge < -0.3 is 10.1 Å². The van der Waals surface area contributed by atoms with Gasteiger partial charge in [0.15, 0.2) is 0 Å². The zero-order valence-electron chi connectivity index (χ0n) is 9.61. The average molecular weight is 215 g/mol. The second-order valence-corrected chi connectivity index (χ2v) is 4.99. The molecule has 0 spiro atoms. The second-order valence-electron chi connectivity index (χ2n) is 4.99. The highest BCUT2D eigenvalue weighted by atomic mass is 15.0. The molecule has 16 heavy (non-hydrogen) atoms. The van der Waals surface area contributed by atoms with Crippen LogP contribution in [-0.2, 0) is 6.42 Å². The fraction of sp³-hybridized carbons (Fsp3) is 0.462. The van der Waals surface area contributed by atoms with E-state index in [0.29, 0.717) is 0 Å². The van der Waals surface area contributed by atoms with Crippen LogP contribution in [0.5, 0.6) is 0 Å². The lowest BCUT2D eigenvalue weighted by atomic mass is 10.1. The van der Waals surface area contributed by atoms with Crippen molar-refractivity contribution in [2.75, 3.05) is 0 Å². The molecule has 2 aromatic heterocycles. The minimum Gasteiger partial charge on any atom is -0.325 e. The average Bonchev–Trinajstić information content (AvgIpc) is 2.90. The van der Waals surface area contributed by atoms with Gasteiger partial charge in [-0.3, -0.25) is 0 Å². The standard InChI is InChI=1S/C13H17N3/c1-10-9-15-12-11(3-2-8-16(10)12)4-5-13(14)6-7-13/h2-3,8-9H,4-7,14H2,1H3. The summed E-state index contributed by atoms with van der Waals surface area (Å²) < 4.78 is 2.14. The van der Waals surface area contributed by atoms with Crippen molar-refractivity contribution in [2.45, 2.75) is 38.1 Å². The predicted octanol–water partition coefficient (Wildman–Crippen LogP) is 2.07. The normalized spacial score (nSPS) is 17.9. The molecular weight excluding hydrogens is 198 g/mol. The molecule has 0 unspecified atom stereocenters. The van der Waals surface area contributed by atoms with Crippen LogP contribution in [0.15, 0.2) is 24.5 Å². The lowest BCUT2D eigenvalue weighted by Crippen LogP contribution is -2.22. The van der Waals surface area contributed by atoms with Crippen molar-refractivity contribution in [3.63, 3.8) is 0 Å². The summed E-state index contributed by atoms with van der Waals surface area (Å²) >= 11 is 0. The molecule has 1 saturated carbocycles. The Bertz CT molecular complexity index is 523. The number of nitrogens with two attached hydrogens (primary N) is 1. The zero-order chi connectivity index (χ0) is 11.2. The molecule has 0 saturated heterocycles. The topological polar surface area (TPSA) is 43.3 Å². The van der Waals surface area contributed by atoms with Gasteiger partial charge >= 0.3 is 0 Å². The summed E-state index contributed by atoms with van der Waals surface area (Å²) in [6, 6.07) is 4.25. The number of nitrogens with zero attached hydrogens (tertiary/aromatic N) is 2. The SMILES string of the molecule is Cc1cnc2c(CCC3(N)CC3)cccn12. The third-order valence-corrected chi connectivity index (χ3v) is 3.59. The second kappa shape index (κ2) is 3.32. The van der Waals surface area contributed by atoms with E-state index in [1.807, 2.05) is 6.20 Å². The van der Waals surface area contributed by atoms with Crippen LogP contribution < -0.4 is 5.73 Å². The van der Waals surface area contributed by atoms with Gasteiger partial charge in [0, 0.05) is 23.6 Å². The fourth-order valence-electron chi connectivity index (χ4n) is 2.18. The number of hydrogen-bond acceptors (Lipinski definition) is 2. The smallest absolute Gasteiger partial charge is 0.140 e. The van der Waals surface area contributed by atoms with E-state index in [1.165, 1.54) is 24.1 Å². The number of aryl methyl sites for hydroxylation is 2. The van der Waals surface area contributed by atoms with Crippen molar-refractivity contribution in [1.29, 1.82) is 0 Å². The van der Waals surface area contributed by atoms with Crippen molar-refractivity contribution in [2.24, 2.45) is 5.73 Å². The van der Waals surface area contributed by atoms with E-state index in [2.05, 4.69) is 34.6 Å². The van der Waals surface area contributed by atoms with Crippen molar-refractivity contribution >= 4 is 5.65 Å². The quantitative estimate of drug-likeness (QED) is 0.851. The zero-order valence-corrected chi connectivity index (χ0v) is 9.61. The summed E-state index contributed by atoms with van der Waals surface area (Å²) in [5.74, 6) is 0. The molecular formula is C13H17N3. The van der Waals surface area contributed by atoms with Gasteiger partial charge in [0.05, 0.1) is 0 Å². The summed E-state index contributed by atoms with van der Waals surface area (Å²) in [7, 11) is 0. The summed E-state index contributed by atoms with van der Waals surface area (Å²) in [5, 5.41) is 0. The Morgan fingerprint density at radius 2 is 2.31 bits per heavy atom. The van der Waals surface area contributed by atoms with Gasteiger partial charge in [-0.1, -0.05) is 6.07 Å². The molecule has 2 N–H and O–H groups in total. The van der Waals surface area contributed by atoms with E-state index in [-0.39, 0.29) is 5.54 Å². The van der Waals surface area contributed by atoms with Gasteiger partial charge in [-0.2, -0.15) is 0 Å². The third kappa shape index (κ3) is 1.61. The Morgan fingerprint density at radius 3 is 3.06 bits per heavy atom. The first-order valence-electron chi connectivity index (χ1n) is 5.88. The first-order valence-corrected chi connectivity index (χ1v) is 5.88. The van der Waals surface area contributed by atoms with Crippen LogP contribution in [-0.4, -0.2) is 14.9 Å². The maximum absolute atomic E-state index is 6.12. The molecule has 3 heteroatoms. The first-order chi connectivity index (χ1) is 7.68. The Labute approximate surface area is 95.3 Å². The Balaban J connectivity index is 1.90. The molecule has 3 nitrogen and oxygen atoms in total. The van der Waals surface area contributed by atoms with Crippen LogP contribution >= 0.6 is 0 Å². The first kappa shape index (κ1) is 9.85. The van der Waals surface area contributed by atoms with Crippen LogP contribution in [0.25, 0.3) is 5.65 Å². The molecule has 2 aromatic rings. The Kier molecular flexibility index (Phi) is 2.04. The minimum absolute atomic E-state index is 0.133. The van der Waals surface area contributed by atoms with E-state index >= 15 is 0 Å². The van der Waals surface area contributed by atoms with Gasteiger partial charge in [0.1, 0.15) is 5.65 Å². The van der Waals surface area contributed by atoms with Gasteiger partial charge in [-0.05, 0) is 44.2 Å². The number of pyridine rings is 1. The summed E-state index contributed by atoms with van der Waals surface area (Å²) in [6.45, 7) is 2.08. The van der Waals surface area contributed by atoms with Crippen molar-refractivity contribution in [3.05, 3.63) is 35.8 Å². The summed E-state index contributed by atoms with van der Waals surface area (Å²) in [4.78, 5) is 4.46. The van der Waals surface area contributed by atoms with Crippen LogP contribution in [0.4, 0.5) is 0 Å². The molecule has 1 aliphatic rings. The van der Waals surface area contributed by atoms with Crippen LogP contribution in [0.3, 0.4) is 0 Å². The summed E-state index contributed by atoms with van der Waals surface area (Å²) in [5.41, 5.74) is 9.84. The largest absolute Gasteiger partial charge is 0.325 e. The highest BCUT2D eigenvalue weighted by molar-refractivity contribution is 5.49. The number of imidazole rings is 1. The van der Waals surface area contributed by atoms with E-state index in [1.54, 1.807) is 0 Å². The Hall–Kier alpha value is -1.35. The van der Waals surface area contributed by atoms with Gasteiger partial charge in [0.2, 0.25) is 0 Å². The van der Waals surface area contributed by atoms with Gasteiger partial charge in [-0.25, -0.2) is 4.98 Å². The lowest BCUT2D eigenvalue weighted by molar-refractivity contribution is 0.609. The minimum atomic E-state index is 0.133. The van der Waals surface area contributed by atoms with Gasteiger partial charge in [-0.15, -0.1) is 0 Å².